The number of hydrogen-bond donors (Lipinski definition) is 1. The standard InChI is InChI=1S/C11H19NO3S2/c1-4-6-12(5-2)17(14,15)11-9(3)8-16-10(11)7-13/h8,13H,4-7H2,1-3H3. The van der Waals surface area contributed by atoms with Gasteiger partial charge in [0.25, 0.3) is 0 Å². The Morgan fingerprint density at radius 3 is 2.53 bits per heavy atom. The third-order valence-electron chi connectivity index (χ3n) is 2.56. The second-order valence-corrected chi connectivity index (χ2v) is 6.66. The summed E-state index contributed by atoms with van der Waals surface area (Å²) >= 11 is 1.29. The molecule has 0 saturated carbocycles. The van der Waals surface area contributed by atoms with Gasteiger partial charge in [-0.25, -0.2) is 8.42 Å². The molecule has 0 spiro atoms. The summed E-state index contributed by atoms with van der Waals surface area (Å²) in [6.07, 6.45) is 0.782. The third-order valence-corrected chi connectivity index (χ3v) is 5.98. The smallest absolute Gasteiger partial charge is 0.244 e. The molecule has 0 aromatic carbocycles. The van der Waals surface area contributed by atoms with Crippen LogP contribution in [0.2, 0.25) is 0 Å². The van der Waals surface area contributed by atoms with Crippen molar-refractivity contribution in [1.29, 1.82) is 0 Å². The molecule has 0 aliphatic rings. The summed E-state index contributed by atoms with van der Waals surface area (Å²) in [5.41, 5.74) is 0.716. The Hall–Kier alpha value is -0.430. The van der Waals surface area contributed by atoms with Crippen LogP contribution in [0.1, 0.15) is 30.7 Å². The average Bonchev–Trinajstić information content (AvgIpc) is 2.67. The number of aryl methyl sites for hydroxylation is 1. The Labute approximate surface area is 107 Å². The lowest BCUT2D eigenvalue weighted by Crippen LogP contribution is -2.32. The first-order chi connectivity index (χ1) is 7.98. The largest absolute Gasteiger partial charge is 0.391 e. The Morgan fingerprint density at radius 2 is 2.06 bits per heavy atom. The van der Waals surface area contributed by atoms with Crippen molar-refractivity contribution in [2.75, 3.05) is 13.1 Å². The molecule has 0 aliphatic carbocycles. The van der Waals surface area contributed by atoms with Crippen LogP contribution in [0, 0.1) is 6.92 Å². The van der Waals surface area contributed by atoms with Crippen LogP contribution in [-0.4, -0.2) is 30.9 Å². The molecular weight excluding hydrogens is 258 g/mol. The first-order valence-electron chi connectivity index (χ1n) is 5.66. The molecule has 0 radical (unpaired) electrons. The van der Waals surface area contributed by atoms with Gasteiger partial charge in [-0.05, 0) is 24.3 Å². The molecule has 1 aromatic heterocycles. The summed E-state index contributed by atoms with van der Waals surface area (Å²) in [6.45, 7) is 6.29. The van der Waals surface area contributed by atoms with Gasteiger partial charge in [-0.2, -0.15) is 4.31 Å². The van der Waals surface area contributed by atoms with Gasteiger partial charge < -0.3 is 5.11 Å². The van der Waals surface area contributed by atoms with E-state index in [4.69, 9.17) is 0 Å². The summed E-state index contributed by atoms with van der Waals surface area (Å²) in [6, 6.07) is 0. The monoisotopic (exact) mass is 277 g/mol. The molecule has 0 amide bonds. The van der Waals surface area contributed by atoms with Gasteiger partial charge in [0.2, 0.25) is 10.0 Å². The number of sulfonamides is 1. The number of thiophene rings is 1. The molecule has 0 aliphatic heterocycles. The zero-order chi connectivity index (χ0) is 13.1. The van der Waals surface area contributed by atoms with Gasteiger partial charge in [-0.1, -0.05) is 13.8 Å². The van der Waals surface area contributed by atoms with Crippen LogP contribution in [0.15, 0.2) is 10.3 Å². The van der Waals surface area contributed by atoms with Gasteiger partial charge in [0, 0.05) is 13.1 Å². The zero-order valence-corrected chi connectivity index (χ0v) is 12.1. The van der Waals surface area contributed by atoms with Crippen molar-refractivity contribution >= 4 is 21.4 Å². The maximum absolute atomic E-state index is 12.4. The van der Waals surface area contributed by atoms with Crippen LogP contribution in [0.5, 0.6) is 0 Å². The van der Waals surface area contributed by atoms with Gasteiger partial charge in [-0.3, -0.25) is 0 Å². The minimum atomic E-state index is -3.46. The Balaban J connectivity index is 3.24. The van der Waals surface area contributed by atoms with E-state index in [2.05, 4.69) is 0 Å². The summed E-state index contributed by atoms with van der Waals surface area (Å²) in [4.78, 5) is 0.817. The molecule has 0 unspecified atom stereocenters. The predicted octanol–water partition coefficient (Wildman–Crippen LogP) is 1.97. The second kappa shape index (κ2) is 5.95. The number of aliphatic hydroxyl groups is 1. The van der Waals surface area contributed by atoms with Crippen molar-refractivity contribution < 1.29 is 13.5 Å². The zero-order valence-electron chi connectivity index (χ0n) is 10.4. The van der Waals surface area contributed by atoms with E-state index in [-0.39, 0.29) is 6.61 Å². The molecule has 6 heteroatoms. The molecular formula is C11H19NO3S2. The minimum Gasteiger partial charge on any atom is -0.391 e. The van der Waals surface area contributed by atoms with E-state index in [0.717, 1.165) is 6.42 Å². The van der Waals surface area contributed by atoms with Crippen molar-refractivity contribution in [1.82, 2.24) is 4.31 Å². The first-order valence-corrected chi connectivity index (χ1v) is 7.98. The van der Waals surface area contributed by atoms with Crippen molar-refractivity contribution in [3.05, 3.63) is 15.8 Å². The fourth-order valence-electron chi connectivity index (χ4n) is 1.77. The van der Waals surface area contributed by atoms with Crippen LogP contribution in [-0.2, 0) is 16.6 Å². The van der Waals surface area contributed by atoms with Gasteiger partial charge in [0.15, 0.2) is 0 Å². The predicted molar refractivity (Wildman–Crippen MR) is 69.7 cm³/mol. The van der Waals surface area contributed by atoms with Crippen LogP contribution in [0.4, 0.5) is 0 Å². The van der Waals surface area contributed by atoms with E-state index in [1.807, 2.05) is 13.8 Å². The van der Waals surface area contributed by atoms with Gasteiger partial charge in [-0.15, -0.1) is 11.3 Å². The lowest BCUT2D eigenvalue weighted by Gasteiger charge is -2.20. The van der Waals surface area contributed by atoms with Crippen molar-refractivity contribution in [3.8, 4) is 0 Å². The lowest BCUT2D eigenvalue weighted by molar-refractivity contribution is 0.282. The summed E-state index contributed by atoms with van der Waals surface area (Å²) in [5, 5.41) is 11.0. The van der Waals surface area contributed by atoms with Gasteiger partial charge in [0.1, 0.15) is 4.90 Å². The minimum absolute atomic E-state index is 0.225. The molecule has 1 aromatic rings. The van der Waals surface area contributed by atoms with Crippen LogP contribution >= 0.6 is 11.3 Å². The van der Waals surface area contributed by atoms with Gasteiger partial charge >= 0.3 is 0 Å². The third kappa shape index (κ3) is 2.88. The number of hydrogen-bond acceptors (Lipinski definition) is 4. The second-order valence-electron chi connectivity index (χ2n) is 3.83. The Kier molecular flexibility index (Phi) is 5.12. The van der Waals surface area contributed by atoms with E-state index in [9.17, 15) is 13.5 Å². The number of nitrogens with zero attached hydrogens (tertiary/aromatic N) is 1. The summed E-state index contributed by atoms with van der Waals surface area (Å²) in [5.74, 6) is 0. The molecule has 0 fully saturated rings. The van der Waals surface area contributed by atoms with Crippen molar-refractivity contribution in [2.45, 2.75) is 38.7 Å². The highest BCUT2D eigenvalue weighted by Crippen LogP contribution is 2.29. The summed E-state index contributed by atoms with van der Waals surface area (Å²) in [7, 11) is -3.46. The van der Waals surface area contributed by atoms with Gasteiger partial charge in [0.05, 0.1) is 11.5 Å². The van der Waals surface area contributed by atoms with Crippen LogP contribution in [0.3, 0.4) is 0 Å². The Bertz CT molecular complexity index is 465. The van der Waals surface area contributed by atoms with Crippen LogP contribution < -0.4 is 0 Å². The molecule has 1 rings (SSSR count). The van der Waals surface area contributed by atoms with Crippen molar-refractivity contribution in [3.63, 3.8) is 0 Å². The molecule has 0 saturated heterocycles. The SMILES string of the molecule is CCCN(CC)S(=O)(=O)c1c(C)csc1CO. The normalized spacial score (nSPS) is 12.3. The Morgan fingerprint density at radius 1 is 1.41 bits per heavy atom. The highest BCUT2D eigenvalue weighted by molar-refractivity contribution is 7.89. The maximum Gasteiger partial charge on any atom is 0.244 e. The fourth-order valence-corrected chi connectivity index (χ4v) is 4.92. The highest BCUT2D eigenvalue weighted by Gasteiger charge is 2.28. The number of rotatable bonds is 6. The number of aliphatic hydroxyl groups excluding tert-OH is 1. The van der Waals surface area contributed by atoms with E-state index in [1.165, 1.54) is 15.6 Å². The van der Waals surface area contributed by atoms with Crippen molar-refractivity contribution in [2.24, 2.45) is 0 Å². The average molecular weight is 277 g/mol. The van der Waals surface area contributed by atoms with E-state index in [0.29, 0.717) is 28.4 Å². The maximum atomic E-state index is 12.4. The molecule has 1 N–H and O–H groups in total. The fraction of sp³-hybridized carbons (Fsp3) is 0.636. The molecule has 98 valence electrons. The molecule has 1 heterocycles. The molecule has 4 nitrogen and oxygen atoms in total. The lowest BCUT2D eigenvalue weighted by atomic mass is 10.3. The quantitative estimate of drug-likeness (QED) is 0.865. The van der Waals surface area contributed by atoms with E-state index >= 15 is 0 Å². The first kappa shape index (κ1) is 14.6. The van der Waals surface area contributed by atoms with E-state index in [1.54, 1.807) is 12.3 Å². The summed E-state index contributed by atoms with van der Waals surface area (Å²) < 4.78 is 26.3. The highest BCUT2D eigenvalue weighted by atomic mass is 32.2. The molecule has 17 heavy (non-hydrogen) atoms. The topological polar surface area (TPSA) is 57.6 Å². The molecule has 0 atom stereocenters. The molecule has 0 bridgehead atoms. The van der Waals surface area contributed by atoms with Crippen LogP contribution in [0.25, 0.3) is 0 Å². The van der Waals surface area contributed by atoms with E-state index < -0.39 is 10.0 Å².